The fourth-order valence-corrected chi connectivity index (χ4v) is 7.35. The van der Waals surface area contributed by atoms with E-state index in [4.69, 9.17) is 11.6 Å². The second-order valence-corrected chi connectivity index (χ2v) is 13.3. The predicted molar refractivity (Wildman–Crippen MR) is 167 cm³/mol. The third-order valence-corrected chi connectivity index (χ3v) is 10.4. The first kappa shape index (κ1) is 31.8. The van der Waals surface area contributed by atoms with Crippen molar-refractivity contribution in [3.8, 4) is 0 Å². The first-order valence-electron chi connectivity index (χ1n) is 14.7. The topological polar surface area (TPSA) is 91.7 Å². The molecule has 1 aromatic heterocycles. The van der Waals surface area contributed by atoms with Crippen molar-refractivity contribution in [3.05, 3.63) is 83.1 Å². The third-order valence-electron chi connectivity index (χ3n) is 8.05. The fraction of sp³-hybridized carbons (Fsp3) is 0.438. The van der Waals surface area contributed by atoms with Gasteiger partial charge in [0.1, 0.15) is 0 Å². The maximum atomic E-state index is 14.1. The molecule has 1 fully saturated rings. The van der Waals surface area contributed by atoms with E-state index in [1.807, 2.05) is 61.3 Å². The molecule has 10 heteroatoms. The van der Waals surface area contributed by atoms with E-state index in [2.05, 4.69) is 9.88 Å². The van der Waals surface area contributed by atoms with Crippen LogP contribution in [-0.2, 0) is 32.7 Å². The van der Waals surface area contributed by atoms with Crippen LogP contribution in [0.15, 0.2) is 71.8 Å². The van der Waals surface area contributed by atoms with Crippen molar-refractivity contribution in [1.29, 1.82) is 0 Å². The lowest BCUT2D eigenvalue weighted by Gasteiger charge is -2.37. The Morgan fingerprint density at radius 2 is 1.71 bits per heavy atom. The number of aromatic nitrogens is 1. The molecule has 0 bridgehead atoms. The zero-order valence-corrected chi connectivity index (χ0v) is 26.2. The molecule has 2 amide bonds. The van der Waals surface area contributed by atoms with Gasteiger partial charge in [-0.1, -0.05) is 56.0 Å². The SMILES string of the molecule is CCC(C)N(CC(=O)N(Cc1cccn1Cc1ccccc1Cl)C1CCCCC1)S(=O)(=O)c1ccc(NC(C)=O)cc1. The van der Waals surface area contributed by atoms with Crippen LogP contribution in [0.1, 0.15) is 70.6 Å². The van der Waals surface area contributed by atoms with Gasteiger partial charge in [-0.3, -0.25) is 9.59 Å². The van der Waals surface area contributed by atoms with Gasteiger partial charge in [0, 0.05) is 48.2 Å². The normalized spacial score (nSPS) is 15.0. The molecule has 1 atom stereocenters. The van der Waals surface area contributed by atoms with E-state index >= 15 is 0 Å². The van der Waals surface area contributed by atoms with Crippen molar-refractivity contribution >= 4 is 39.1 Å². The van der Waals surface area contributed by atoms with E-state index in [0.29, 0.717) is 30.2 Å². The van der Waals surface area contributed by atoms with Crippen molar-refractivity contribution in [2.75, 3.05) is 11.9 Å². The number of nitrogens with zero attached hydrogens (tertiary/aromatic N) is 3. The summed E-state index contributed by atoms with van der Waals surface area (Å²) in [6.07, 6.45) is 7.58. The number of nitrogens with one attached hydrogen (secondary N) is 1. The molecule has 1 aliphatic carbocycles. The highest BCUT2D eigenvalue weighted by Crippen LogP contribution is 2.27. The third kappa shape index (κ3) is 7.82. The monoisotopic (exact) mass is 612 g/mol. The Hall–Kier alpha value is -3.14. The second-order valence-electron chi connectivity index (χ2n) is 11.0. The van der Waals surface area contributed by atoms with Gasteiger partial charge in [0.2, 0.25) is 21.8 Å². The number of benzene rings is 2. The first-order chi connectivity index (χ1) is 20.1. The number of halogens is 1. The van der Waals surface area contributed by atoms with Crippen LogP contribution in [0.5, 0.6) is 0 Å². The Labute approximate surface area is 254 Å². The van der Waals surface area contributed by atoms with Crippen LogP contribution in [-0.4, -0.2) is 52.6 Å². The van der Waals surface area contributed by atoms with Crippen molar-refractivity contribution in [1.82, 2.24) is 13.8 Å². The zero-order chi connectivity index (χ0) is 30.3. The highest BCUT2D eigenvalue weighted by atomic mass is 35.5. The van der Waals surface area contributed by atoms with Crippen molar-refractivity contribution in [2.24, 2.45) is 0 Å². The highest BCUT2D eigenvalue weighted by Gasteiger charge is 2.34. The Kier molecular flexibility index (Phi) is 10.9. The molecule has 42 heavy (non-hydrogen) atoms. The summed E-state index contributed by atoms with van der Waals surface area (Å²) in [5, 5.41) is 3.35. The van der Waals surface area contributed by atoms with Crippen LogP contribution in [0, 0.1) is 0 Å². The Bertz CT molecular complexity index is 1470. The molecule has 0 spiro atoms. The largest absolute Gasteiger partial charge is 0.345 e. The van der Waals surface area contributed by atoms with Gasteiger partial charge in [-0.15, -0.1) is 0 Å². The van der Waals surface area contributed by atoms with Crippen LogP contribution in [0.2, 0.25) is 5.02 Å². The molecule has 8 nitrogen and oxygen atoms in total. The fourth-order valence-electron chi connectivity index (χ4n) is 5.50. The van der Waals surface area contributed by atoms with Gasteiger partial charge in [0.15, 0.2) is 0 Å². The molecule has 4 rings (SSSR count). The van der Waals surface area contributed by atoms with Gasteiger partial charge >= 0.3 is 0 Å². The molecule has 1 aliphatic rings. The lowest BCUT2D eigenvalue weighted by Crippen LogP contribution is -2.49. The molecule has 0 aliphatic heterocycles. The molecule has 1 N–H and O–H groups in total. The first-order valence-corrected chi connectivity index (χ1v) is 16.5. The van der Waals surface area contributed by atoms with Gasteiger partial charge in [0.05, 0.1) is 18.0 Å². The standard InChI is InChI=1S/C32H41ClN4O4S/c1-4-24(2)37(42(40,41)30-18-16-27(17-19-30)34-25(3)38)23-32(39)36(28-12-6-5-7-13-28)22-29-14-10-20-35(29)21-26-11-8-9-15-31(26)33/h8-11,14-20,24,28H,4-7,12-13,21-23H2,1-3H3,(H,34,38). The van der Waals surface area contributed by atoms with Gasteiger partial charge in [0.25, 0.3) is 0 Å². The van der Waals surface area contributed by atoms with Crippen LogP contribution in [0.3, 0.4) is 0 Å². The smallest absolute Gasteiger partial charge is 0.243 e. The van der Waals surface area contributed by atoms with Gasteiger partial charge in [-0.05, 0) is 74.2 Å². The molecule has 1 unspecified atom stereocenters. The summed E-state index contributed by atoms with van der Waals surface area (Å²) in [5.41, 5.74) is 2.47. The van der Waals surface area contributed by atoms with E-state index in [0.717, 1.165) is 43.4 Å². The number of amides is 2. The van der Waals surface area contributed by atoms with Crippen LogP contribution in [0.4, 0.5) is 5.69 Å². The number of carbonyl (C=O) groups is 2. The molecule has 1 saturated carbocycles. The quantitative estimate of drug-likeness (QED) is 0.260. The Morgan fingerprint density at radius 3 is 2.36 bits per heavy atom. The van der Waals surface area contributed by atoms with E-state index < -0.39 is 10.0 Å². The van der Waals surface area contributed by atoms with Crippen molar-refractivity contribution < 1.29 is 18.0 Å². The van der Waals surface area contributed by atoms with Crippen LogP contribution in [0.25, 0.3) is 0 Å². The summed E-state index contributed by atoms with van der Waals surface area (Å²) in [7, 11) is -3.98. The van der Waals surface area contributed by atoms with Gasteiger partial charge in [-0.25, -0.2) is 8.42 Å². The minimum Gasteiger partial charge on any atom is -0.345 e. The molecule has 2 aromatic carbocycles. The van der Waals surface area contributed by atoms with Crippen LogP contribution >= 0.6 is 11.6 Å². The zero-order valence-electron chi connectivity index (χ0n) is 24.6. The van der Waals surface area contributed by atoms with E-state index in [9.17, 15) is 18.0 Å². The van der Waals surface area contributed by atoms with E-state index in [1.54, 1.807) is 12.1 Å². The highest BCUT2D eigenvalue weighted by molar-refractivity contribution is 7.89. The second kappa shape index (κ2) is 14.4. The summed E-state index contributed by atoms with van der Waals surface area (Å²) >= 11 is 6.44. The number of hydrogen-bond donors (Lipinski definition) is 1. The average Bonchev–Trinajstić information content (AvgIpc) is 3.42. The number of hydrogen-bond acceptors (Lipinski definition) is 4. The van der Waals surface area contributed by atoms with Crippen LogP contribution < -0.4 is 5.32 Å². The van der Waals surface area contributed by atoms with Crippen molar-refractivity contribution in [3.63, 3.8) is 0 Å². The van der Waals surface area contributed by atoms with Gasteiger partial charge in [-0.2, -0.15) is 4.31 Å². The summed E-state index contributed by atoms with van der Waals surface area (Å²) in [5.74, 6) is -0.440. The lowest BCUT2D eigenvalue weighted by molar-refractivity contribution is -0.135. The molecule has 0 saturated heterocycles. The Morgan fingerprint density at radius 1 is 1.02 bits per heavy atom. The minimum absolute atomic E-state index is 0.0494. The summed E-state index contributed by atoms with van der Waals surface area (Å²) in [6.45, 7) is 5.87. The molecule has 0 radical (unpaired) electrons. The molecular formula is C32H41ClN4O4S. The molecule has 226 valence electrons. The van der Waals surface area contributed by atoms with E-state index in [1.165, 1.54) is 23.4 Å². The molecule has 1 heterocycles. The van der Waals surface area contributed by atoms with Gasteiger partial charge < -0.3 is 14.8 Å². The number of anilines is 1. The summed E-state index contributed by atoms with van der Waals surface area (Å²) in [4.78, 5) is 27.5. The maximum absolute atomic E-state index is 14.1. The predicted octanol–water partition coefficient (Wildman–Crippen LogP) is 6.30. The Balaban J connectivity index is 1.60. The molecule has 3 aromatic rings. The molecular weight excluding hydrogens is 572 g/mol. The number of carbonyl (C=O) groups excluding carboxylic acids is 2. The van der Waals surface area contributed by atoms with E-state index in [-0.39, 0.29) is 35.3 Å². The maximum Gasteiger partial charge on any atom is 0.243 e. The lowest BCUT2D eigenvalue weighted by atomic mass is 9.94. The number of rotatable bonds is 12. The van der Waals surface area contributed by atoms with Crippen molar-refractivity contribution in [2.45, 2.75) is 89.4 Å². The number of sulfonamides is 1. The summed E-state index contributed by atoms with van der Waals surface area (Å²) in [6, 6.07) is 17.4. The average molecular weight is 613 g/mol. The minimum atomic E-state index is -3.98. The summed E-state index contributed by atoms with van der Waals surface area (Å²) < 4.78 is 31.1.